The van der Waals surface area contributed by atoms with Crippen LogP contribution in [0.15, 0.2) is 11.6 Å². The molecular weight excluding hydrogens is 296 g/mol. The Morgan fingerprint density at radius 3 is 2.46 bits per heavy atom. The Labute approximate surface area is 148 Å². The lowest BCUT2D eigenvalue weighted by atomic mass is 9.49. The fourth-order valence-electron chi connectivity index (χ4n) is 7.62. The van der Waals surface area contributed by atoms with Crippen LogP contribution in [0, 0.1) is 35.0 Å². The molecule has 0 aromatic carbocycles. The Morgan fingerprint density at radius 2 is 1.75 bits per heavy atom. The summed E-state index contributed by atoms with van der Waals surface area (Å²) in [6.07, 6.45) is 12.6. The molecule has 0 aromatic rings. The highest BCUT2D eigenvalue weighted by Gasteiger charge is 2.57. The SMILES string of the molecule is C/C=C1/CC[C@H]2[C@@H]3C[C@@H](OC)[C@H]4C[C@](C)(O)CC[C@@H]4[C@H]3CC[C@]12C. The smallest absolute Gasteiger partial charge is 0.0623 e. The van der Waals surface area contributed by atoms with Crippen LogP contribution in [0.1, 0.15) is 72.1 Å². The lowest BCUT2D eigenvalue weighted by Crippen LogP contribution is -2.54. The zero-order valence-corrected chi connectivity index (χ0v) is 16.1. The van der Waals surface area contributed by atoms with Crippen LogP contribution in [-0.4, -0.2) is 23.9 Å². The first-order chi connectivity index (χ1) is 11.4. The Kier molecular flexibility index (Phi) is 4.16. The molecule has 0 amide bonds. The molecule has 2 nitrogen and oxygen atoms in total. The van der Waals surface area contributed by atoms with Gasteiger partial charge in [-0.25, -0.2) is 0 Å². The number of allylic oxidation sites excluding steroid dienone is 2. The number of fused-ring (bicyclic) bond motifs is 5. The van der Waals surface area contributed by atoms with E-state index in [0.717, 1.165) is 36.5 Å². The van der Waals surface area contributed by atoms with Gasteiger partial charge in [-0.3, -0.25) is 0 Å². The molecule has 4 fully saturated rings. The van der Waals surface area contributed by atoms with E-state index in [1.54, 1.807) is 5.57 Å². The molecule has 0 heterocycles. The molecular formula is C22H36O2. The molecule has 0 aromatic heterocycles. The minimum atomic E-state index is -0.473. The second-order valence-electron chi connectivity index (χ2n) is 9.82. The normalized spacial score (nSPS) is 55.8. The van der Waals surface area contributed by atoms with E-state index in [0.29, 0.717) is 17.4 Å². The highest BCUT2D eigenvalue weighted by atomic mass is 16.5. The zero-order chi connectivity index (χ0) is 17.1. The van der Waals surface area contributed by atoms with Crippen LogP contribution in [-0.2, 0) is 4.74 Å². The van der Waals surface area contributed by atoms with E-state index < -0.39 is 5.60 Å². The highest BCUT2D eigenvalue weighted by Crippen LogP contribution is 2.64. The summed E-state index contributed by atoms with van der Waals surface area (Å²) in [6, 6.07) is 0. The van der Waals surface area contributed by atoms with Crippen molar-refractivity contribution in [2.75, 3.05) is 7.11 Å². The fourth-order valence-corrected chi connectivity index (χ4v) is 7.62. The minimum Gasteiger partial charge on any atom is -0.390 e. The van der Waals surface area contributed by atoms with Gasteiger partial charge >= 0.3 is 0 Å². The number of hydrogen-bond donors (Lipinski definition) is 1. The van der Waals surface area contributed by atoms with Crippen molar-refractivity contribution in [3.05, 3.63) is 11.6 Å². The molecule has 0 aliphatic heterocycles. The van der Waals surface area contributed by atoms with Gasteiger partial charge in [-0.1, -0.05) is 18.6 Å². The second-order valence-corrected chi connectivity index (χ2v) is 9.82. The summed E-state index contributed by atoms with van der Waals surface area (Å²) in [6.45, 7) is 6.83. The summed E-state index contributed by atoms with van der Waals surface area (Å²) in [5, 5.41) is 10.6. The number of ether oxygens (including phenoxy) is 1. The molecule has 0 unspecified atom stereocenters. The number of rotatable bonds is 1. The lowest BCUT2D eigenvalue weighted by Gasteiger charge is -2.58. The third-order valence-electron chi connectivity index (χ3n) is 8.77. The Balaban J connectivity index is 1.63. The van der Waals surface area contributed by atoms with E-state index in [2.05, 4.69) is 19.9 Å². The van der Waals surface area contributed by atoms with Gasteiger partial charge in [0.25, 0.3) is 0 Å². The molecule has 0 saturated heterocycles. The maximum absolute atomic E-state index is 10.6. The molecule has 136 valence electrons. The monoisotopic (exact) mass is 332 g/mol. The van der Waals surface area contributed by atoms with Crippen molar-refractivity contribution in [1.29, 1.82) is 0 Å². The molecule has 24 heavy (non-hydrogen) atoms. The van der Waals surface area contributed by atoms with E-state index >= 15 is 0 Å². The molecule has 4 saturated carbocycles. The standard InChI is InChI=1S/C22H36O2/c1-5-14-6-7-19-17-12-20(24-4)18-13-21(2,23)10-8-16(18)15(17)9-11-22(14,19)3/h5,15-20,23H,6-13H2,1-4H3/b14-5-/t15-,16-,17-,18+,19+,20-,21-,22-/m1/s1. The summed E-state index contributed by atoms with van der Waals surface area (Å²) in [5.74, 6) is 3.95. The van der Waals surface area contributed by atoms with E-state index in [4.69, 9.17) is 4.74 Å². The predicted molar refractivity (Wildman–Crippen MR) is 97.7 cm³/mol. The van der Waals surface area contributed by atoms with Crippen LogP contribution in [0.3, 0.4) is 0 Å². The average Bonchev–Trinajstić information content (AvgIpc) is 2.89. The van der Waals surface area contributed by atoms with Gasteiger partial charge in [0.05, 0.1) is 11.7 Å². The van der Waals surface area contributed by atoms with E-state index in [1.165, 1.54) is 38.5 Å². The van der Waals surface area contributed by atoms with Gasteiger partial charge in [-0.05, 0) is 100 Å². The van der Waals surface area contributed by atoms with Gasteiger partial charge in [-0.15, -0.1) is 0 Å². The summed E-state index contributed by atoms with van der Waals surface area (Å²) in [7, 11) is 1.90. The number of methoxy groups -OCH3 is 1. The summed E-state index contributed by atoms with van der Waals surface area (Å²) in [4.78, 5) is 0. The Hall–Kier alpha value is -0.340. The number of hydrogen-bond acceptors (Lipinski definition) is 2. The first kappa shape index (κ1) is 17.1. The van der Waals surface area contributed by atoms with Crippen LogP contribution >= 0.6 is 0 Å². The fraction of sp³-hybridized carbons (Fsp3) is 0.909. The molecule has 0 radical (unpaired) electrons. The molecule has 4 aliphatic carbocycles. The van der Waals surface area contributed by atoms with E-state index in [-0.39, 0.29) is 0 Å². The quantitative estimate of drug-likeness (QED) is 0.688. The summed E-state index contributed by atoms with van der Waals surface area (Å²) in [5.41, 5.74) is 1.72. The van der Waals surface area contributed by atoms with Gasteiger partial charge in [0.1, 0.15) is 0 Å². The third-order valence-corrected chi connectivity index (χ3v) is 8.77. The van der Waals surface area contributed by atoms with Gasteiger partial charge in [-0.2, -0.15) is 0 Å². The first-order valence-electron chi connectivity index (χ1n) is 10.3. The highest BCUT2D eigenvalue weighted by molar-refractivity contribution is 5.23. The minimum absolute atomic E-state index is 0.361. The Morgan fingerprint density at radius 1 is 1.04 bits per heavy atom. The van der Waals surface area contributed by atoms with Crippen LogP contribution in [0.5, 0.6) is 0 Å². The predicted octanol–water partition coefficient (Wildman–Crippen LogP) is 4.96. The van der Waals surface area contributed by atoms with Crippen molar-refractivity contribution in [3.8, 4) is 0 Å². The van der Waals surface area contributed by atoms with Crippen LogP contribution in [0.4, 0.5) is 0 Å². The second kappa shape index (κ2) is 5.84. The van der Waals surface area contributed by atoms with Crippen molar-refractivity contribution >= 4 is 0 Å². The molecule has 4 rings (SSSR count). The van der Waals surface area contributed by atoms with Crippen LogP contribution < -0.4 is 0 Å². The van der Waals surface area contributed by atoms with Gasteiger partial charge < -0.3 is 9.84 Å². The third kappa shape index (κ3) is 2.43. The number of aliphatic hydroxyl groups is 1. The largest absolute Gasteiger partial charge is 0.390 e. The summed E-state index contributed by atoms with van der Waals surface area (Å²) >= 11 is 0. The maximum Gasteiger partial charge on any atom is 0.0623 e. The van der Waals surface area contributed by atoms with Gasteiger partial charge in [0.2, 0.25) is 0 Å². The molecule has 0 spiro atoms. The van der Waals surface area contributed by atoms with E-state index in [1.807, 2.05) is 14.0 Å². The molecule has 1 N–H and O–H groups in total. The van der Waals surface area contributed by atoms with Crippen molar-refractivity contribution in [3.63, 3.8) is 0 Å². The van der Waals surface area contributed by atoms with Crippen LogP contribution in [0.2, 0.25) is 0 Å². The van der Waals surface area contributed by atoms with E-state index in [9.17, 15) is 5.11 Å². The lowest BCUT2D eigenvalue weighted by molar-refractivity contribution is -0.146. The summed E-state index contributed by atoms with van der Waals surface area (Å²) < 4.78 is 6.01. The van der Waals surface area contributed by atoms with Gasteiger partial charge in [0, 0.05) is 7.11 Å². The Bertz CT molecular complexity index is 522. The molecule has 2 heteroatoms. The topological polar surface area (TPSA) is 29.5 Å². The maximum atomic E-state index is 10.6. The average molecular weight is 333 g/mol. The first-order valence-corrected chi connectivity index (χ1v) is 10.3. The molecule has 0 bridgehead atoms. The molecule has 4 aliphatic rings. The van der Waals surface area contributed by atoms with Crippen molar-refractivity contribution in [2.45, 2.75) is 83.8 Å². The van der Waals surface area contributed by atoms with Gasteiger partial charge in [0.15, 0.2) is 0 Å². The van der Waals surface area contributed by atoms with Crippen molar-refractivity contribution < 1.29 is 9.84 Å². The zero-order valence-electron chi connectivity index (χ0n) is 16.1. The van der Waals surface area contributed by atoms with Crippen molar-refractivity contribution in [1.82, 2.24) is 0 Å². The molecule has 8 atom stereocenters. The van der Waals surface area contributed by atoms with Crippen molar-refractivity contribution in [2.24, 2.45) is 35.0 Å². The van der Waals surface area contributed by atoms with Crippen LogP contribution in [0.25, 0.3) is 0 Å².